The third kappa shape index (κ3) is 4.85. The van der Waals surface area contributed by atoms with Crippen LogP contribution in [0.1, 0.15) is 20.3 Å². The number of carbonyl (C=O) groups excluding carboxylic acids is 3. The highest BCUT2D eigenvalue weighted by Gasteiger charge is 2.56. The van der Waals surface area contributed by atoms with E-state index < -0.39 is 60.8 Å². The van der Waals surface area contributed by atoms with Crippen molar-refractivity contribution < 1.29 is 43.9 Å². The number of aliphatic hydroxyl groups excluding tert-OH is 2. The molecule has 0 spiro atoms. The van der Waals surface area contributed by atoms with Gasteiger partial charge in [0.1, 0.15) is 18.8 Å². The summed E-state index contributed by atoms with van der Waals surface area (Å²) < 4.78 is 16.2. The van der Waals surface area contributed by atoms with Gasteiger partial charge in [0.2, 0.25) is 0 Å². The Morgan fingerprint density at radius 2 is 1.97 bits per heavy atom. The van der Waals surface area contributed by atoms with Crippen molar-refractivity contribution in [2.24, 2.45) is 11.8 Å². The lowest BCUT2D eigenvalue weighted by molar-refractivity contribution is -0.148. The second-order valence-electron chi connectivity index (χ2n) is 8.33. The van der Waals surface area contributed by atoms with Crippen LogP contribution in [0.15, 0.2) is 59.3 Å². The van der Waals surface area contributed by atoms with Crippen molar-refractivity contribution in [3.63, 3.8) is 0 Å². The Morgan fingerprint density at radius 1 is 1.27 bits per heavy atom. The summed E-state index contributed by atoms with van der Waals surface area (Å²) in [6, 6.07) is 0. The van der Waals surface area contributed by atoms with Gasteiger partial charge in [0, 0.05) is 11.1 Å². The average Bonchev–Trinajstić information content (AvgIpc) is 3.18. The SMILES string of the molecule is C=C1C(=O)OC2C1C(OC(=O)C(=CCO)COC(=O)C(C)=CCO)C=CC1(O)CC=C(C)C21. The lowest BCUT2D eigenvalue weighted by Crippen LogP contribution is -2.43. The summed E-state index contributed by atoms with van der Waals surface area (Å²) in [6.07, 6.45) is 5.96. The Hall–Kier alpha value is -3.01. The Kier molecular flexibility index (Phi) is 7.36. The molecule has 0 bridgehead atoms. The third-order valence-electron chi connectivity index (χ3n) is 6.22. The van der Waals surface area contributed by atoms with E-state index in [0.29, 0.717) is 6.42 Å². The van der Waals surface area contributed by atoms with Gasteiger partial charge in [0.05, 0.1) is 36.2 Å². The summed E-state index contributed by atoms with van der Waals surface area (Å²) in [4.78, 5) is 37.1. The normalized spacial score (nSPS) is 31.4. The van der Waals surface area contributed by atoms with Gasteiger partial charge in [-0.2, -0.15) is 0 Å². The van der Waals surface area contributed by atoms with Crippen LogP contribution in [-0.2, 0) is 28.6 Å². The fraction of sp³-hybridized carbons (Fsp3) is 0.458. The summed E-state index contributed by atoms with van der Waals surface area (Å²) in [5.74, 6) is -3.44. The molecule has 33 heavy (non-hydrogen) atoms. The van der Waals surface area contributed by atoms with Gasteiger partial charge >= 0.3 is 17.9 Å². The highest BCUT2D eigenvalue weighted by Crippen LogP contribution is 2.49. The Balaban J connectivity index is 1.81. The van der Waals surface area contributed by atoms with Crippen LogP contribution in [0.5, 0.6) is 0 Å². The summed E-state index contributed by atoms with van der Waals surface area (Å²) in [7, 11) is 0. The van der Waals surface area contributed by atoms with Crippen molar-refractivity contribution in [1.29, 1.82) is 0 Å². The molecule has 5 atom stereocenters. The number of carbonyl (C=O) groups is 3. The van der Waals surface area contributed by atoms with Gasteiger partial charge in [0.25, 0.3) is 0 Å². The monoisotopic (exact) mass is 460 g/mol. The number of rotatable bonds is 7. The number of aliphatic hydroxyl groups is 3. The highest BCUT2D eigenvalue weighted by molar-refractivity contribution is 5.93. The summed E-state index contributed by atoms with van der Waals surface area (Å²) >= 11 is 0. The van der Waals surface area contributed by atoms with E-state index in [9.17, 15) is 24.6 Å². The molecule has 0 amide bonds. The van der Waals surface area contributed by atoms with Crippen molar-refractivity contribution in [2.75, 3.05) is 19.8 Å². The largest absolute Gasteiger partial charge is 0.457 e. The second-order valence-corrected chi connectivity index (χ2v) is 8.33. The van der Waals surface area contributed by atoms with Crippen LogP contribution >= 0.6 is 0 Å². The lowest BCUT2D eigenvalue weighted by Gasteiger charge is -2.33. The minimum atomic E-state index is -1.28. The summed E-state index contributed by atoms with van der Waals surface area (Å²) in [6.45, 7) is 5.79. The third-order valence-corrected chi connectivity index (χ3v) is 6.22. The first kappa shape index (κ1) is 24.6. The van der Waals surface area contributed by atoms with Crippen molar-refractivity contribution in [3.8, 4) is 0 Å². The maximum absolute atomic E-state index is 12.9. The number of fused-ring (bicyclic) bond motifs is 3. The van der Waals surface area contributed by atoms with Crippen LogP contribution in [0.2, 0.25) is 0 Å². The number of hydrogen-bond acceptors (Lipinski definition) is 9. The van der Waals surface area contributed by atoms with E-state index in [4.69, 9.17) is 19.3 Å². The second kappa shape index (κ2) is 9.86. The zero-order valence-electron chi connectivity index (χ0n) is 18.5. The van der Waals surface area contributed by atoms with Crippen molar-refractivity contribution in [2.45, 2.75) is 38.1 Å². The smallest absolute Gasteiger partial charge is 0.337 e. The van der Waals surface area contributed by atoms with Crippen LogP contribution in [-0.4, -0.2) is 70.9 Å². The van der Waals surface area contributed by atoms with Gasteiger partial charge in [0.15, 0.2) is 0 Å². The Labute approximate surface area is 191 Å². The van der Waals surface area contributed by atoms with Gasteiger partial charge in [-0.3, -0.25) is 0 Å². The zero-order valence-corrected chi connectivity index (χ0v) is 18.5. The molecule has 3 rings (SSSR count). The maximum Gasteiger partial charge on any atom is 0.337 e. The van der Waals surface area contributed by atoms with Crippen LogP contribution in [0.25, 0.3) is 0 Å². The molecule has 3 N–H and O–H groups in total. The molecule has 5 unspecified atom stereocenters. The Bertz CT molecular complexity index is 970. The topological polar surface area (TPSA) is 140 Å². The number of esters is 3. The molecular formula is C24H28O9. The van der Waals surface area contributed by atoms with Crippen molar-refractivity contribution >= 4 is 17.9 Å². The molecule has 0 aromatic carbocycles. The molecule has 1 heterocycles. The molecule has 2 aliphatic carbocycles. The fourth-order valence-corrected chi connectivity index (χ4v) is 4.44. The molecule has 1 saturated heterocycles. The van der Waals surface area contributed by atoms with E-state index in [-0.39, 0.29) is 23.3 Å². The van der Waals surface area contributed by atoms with Crippen molar-refractivity contribution in [3.05, 3.63) is 59.3 Å². The van der Waals surface area contributed by atoms with Crippen LogP contribution in [0.3, 0.4) is 0 Å². The minimum Gasteiger partial charge on any atom is -0.457 e. The summed E-state index contributed by atoms with van der Waals surface area (Å²) in [5.41, 5.74) is -0.233. The van der Waals surface area contributed by atoms with Gasteiger partial charge in [-0.25, -0.2) is 14.4 Å². The molecule has 0 saturated carbocycles. The van der Waals surface area contributed by atoms with Gasteiger partial charge < -0.3 is 29.5 Å². The molecule has 3 aliphatic rings. The molecule has 1 aliphatic heterocycles. The van der Waals surface area contributed by atoms with E-state index in [1.54, 1.807) is 6.08 Å². The molecular weight excluding hydrogens is 432 g/mol. The van der Waals surface area contributed by atoms with Gasteiger partial charge in [-0.1, -0.05) is 24.3 Å². The van der Waals surface area contributed by atoms with Gasteiger partial charge in [-0.15, -0.1) is 0 Å². The molecule has 9 nitrogen and oxygen atoms in total. The quantitative estimate of drug-likeness (QED) is 0.216. The number of ether oxygens (including phenoxy) is 3. The predicted molar refractivity (Wildman–Crippen MR) is 115 cm³/mol. The van der Waals surface area contributed by atoms with Crippen LogP contribution in [0, 0.1) is 11.8 Å². The maximum atomic E-state index is 12.9. The first-order valence-corrected chi connectivity index (χ1v) is 10.6. The zero-order chi connectivity index (χ0) is 24.3. The highest BCUT2D eigenvalue weighted by atomic mass is 16.6. The number of hydrogen-bond donors (Lipinski definition) is 3. The van der Waals surface area contributed by atoms with E-state index >= 15 is 0 Å². The first-order valence-electron chi connectivity index (χ1n) is 10.6. The van der Waals surface area contributed by atoms with Crippen LogP contribution < -0.4 is 0 Å². The molecule has 9 heteroatoms. The molecule has 1 fully saturated rings. The predicted octanol–water partition coefficient (Wildman–Crippen LogP) is 0.664. The van der Waals surface area contributed by atoms with E-state index in [1.165, 1.54) is 19.1 Å². The van der Waals surface area contributed by atoms with Gasteiger partial charge in [-0.05, 0) is 38.5 Å². The lowest BCUT2D eigenvalue weighted by atomic mass is 9.78. The fourth-order valence-electron chi connectivity index (χ4n) is 4.44. The van der Waals surface area contributed by atoms with E-state index in [0.717, 1.165) is 11.6 Å². The van der Waals surface area contributed by atoms with Crippen molar-refractivity contribution in [1.82, 2.24) is 0 Å². The molecule has 178 valence electrons. The molecule has 0 aromatic rings. The Morgan fingerprint density at radius 3 is 2.64 bits per heavy atom. The van der Waals surface area contributed by atoms with Crippen LogP contribution in [0.4, 0.5) is 0 Å². The van der Waals surface area contributed by atoms with E-state index in [1.807, 2.05) is 13.0 Å². The first-order chi connectivity index (χ1) is 15.6. The average molecular weight is 460 g/mol. The molecule has 0 radical (unpaired) electrons. The standard InChI is InChI=1S/C24H28O9/c1-13-4-8-24(30)9-5-17(18-15(3)22(28)33-20(18)19(13)24)32-23(29)16(7-11-26)12-31-21(27)14(2)6-10-25/h4-7,9,17-20,25-26,30H,3,8,10-12H2,1-2H3. The van der Waals surface area contributed by atoms with E-state index in [2.05, 4.69) is 6.58 Å². The summed E-state index contributed by atoms with van der Waals surface area (Å²) in [5, 5.41) is 29.3. The molecule has 0 aromatic heterocycles. The minimum absolute atomic E-state index is 0.109.